The number of carbonyl (C=O) groups is 1. The van der Waals surface area contributed by atoms with Gasteiger partial charge in [0.25, 0.3) is 5.91 Å². The number of nitrogens with zero attached hydrogens (tertiary/aromatic N) is 2. The molecule has 3 atom stereocenters. The molecular weight excluding hydrogens is 509 g/mol. The zero-order valence-corrected chi connectivity index (χ0v) is 23.4. The number of imidazole rings is 1. The largest absolute Gasteiger partial charge is 0.378 e. The third kappa shape index (κ3) is 4.86. The molecule has 2 saturated carbocycles. The van der Waals surface area contributed by atoms with E-state index in [0.717, 1.165) is 18.5 Å². The third-order valence-electron chi connectivity index (χ3n) is 8.42. The summed E-state index contributed by atoms with van der Waals surface area (Å²) < 4.78 is 27.4. The van der Waals surface area contributed by atoms with Gasteiger partial charge in [0.2, 0.25) is 0 Å². The minimum Gasteiger partial charge on any atom is -0.378 e. The first kappa shape index (κ1) is 27.1. The van der Waals surface area contributed by atoms with Crippen LogP contribution in [0.3, 0.4) is 0 Å². The Hall–Kier alpha value is -2.44. The molecule has 7 nitrogen and oxygen atoms in total. The highest BCUT2D eigenvalue weighted by Crippen LogP contribution is 2.54. The maximum Gasteiger partial charge on any atom is 0.274 e. The van der Waals surface area contributed by atoms with Gasteiger partial charge < -0.3 is 24.5 Å². The number of aryl methyl sites for hydroxylation is 1. The zero-order valence-electron chi connectivity index (χ0n) is 22.7. The fourth-order valence-electron chi connectivity index (χ4n) is 6.53. The molecular formula is C29H35ClFN3O4. The standard InChI is InChI=1S/C29H35ClFN3O4/c1-26(2)28(5,38-27(3,4)37-26)9-10-29(36)14-18-11-17(12-19(18)15-29)23-24(34(6)16-32-23)25(35)33-20-7-8-22(31)21(30)13-20/h7-8,13,16-19,36H,11-12,14-15H2,1-6H3,(H,33,35). The van der Waals surface area contributed by atoms with Gasteiger partial charge in [-0.1, -0.05) is 23.4 Å². The summed E-state index contributed by atoms with van der Waals surface area (Å²) in [6.07, 6.45) is 4.44. The maximum atomic E-state index is 13.5. The van der Waals surface area contributed by atoms with Crippen LogP contribution in [0.5, 0.6) is 0 Å². The summed E-state index contributed by atoms with van der Waals surface area (Å²) in [5.74, 6) is 5.45. The number of hydrogen-bond donors (Lipinski definition) is 2. The Morgan fingerprint density at radius 2 is 1.82 bits per heavy atom. The van der Waals surface area contributed by atoms with Gasteiger partial charge in [-0.15, -0.1) is 0 Å². The lowest BCUT2D eigenvalue weighted by Crippen LogP contribution is -2.44. The Bertz CT molecular complexity index is 1330. The van der Waals surface area contributed by atoms with E-state index in [2.05, 4.69) is 22.1 Å². The van der Waals surface area contributed by atoms with Gasteiger partial charge in [-0.2, -0.15) is 0 Å². The van der Waals surface area contributed by atoms with Crippen molar-refractivity contribution in [3.8, 4) is 11.8 Å². The summed E-state index contributed by atoms with van der Waals surface area (Å²) in [5, 5.41) is 14.1. The molecule has 1 aliphatic heterocycles. The normalized spacial score (nSPS) is 33.0. The monoisotopic (exact) mass is 543 g/mol. The second-order valence-corrected chi connectivity index (χ2v) is 12.6. The minimum absolute atomic E-state index is 0.0551. The Morgan fingerprint density at radius 3 is 2.39 bits per heavy atom. The number of aliphatic hydroxyl groups is 1. The number of anilines is 1. The topological polar surface area (TPSA) is 85.6 Å². The second kappa shape index (κ2) is 9.06. The van der Waals surface area contributed by atoms with Gasteiger partial charge >= 0.3 is 0 Å². The summed E-state index contributed by atoms with van der Waals surface area (Å²) in [5.41, 5.74) is -0.900. The van der Waals surface area contributed by atoms with E-state index in [1.54, 1.807) is 17.9 Å². The zero-order chi connectivity index (χ0) is 27.7. The Morgan fingerprint density at radius 1 is 1.16 bits per heavy atom. The Kier molecular flexibility index (Phi) is 6.47. The average Bonchev–Trinajstić information content (AvgIpc) is 3.48. The highest BCUT2D eigenvalue weighted by atomic mass is 35.5. The molecule has 2 aromatic rings. The number of benzene rings is 1. The predicted octanol–water partition coefficient (Wildman–Crippen LogP) is 5.42. The van der Waals surface area contributed by atoms with Crippen molar-refractivity contribution in [2.75, 3.05) is 5.32 Å². The minimum atomic E-state index is -1.08. The van der Waals surface area contributed by atoms with Gasteiger partial charge in [0.15, 0.2) is 11.4 Å². The first-order chi connectivity index (χ1) is 17.6. The lowest BCUT2D eigenvalue weighted by molar-refractivity contribution is -0.160. The number of amides is 1. The smallest absolute Gasteiger partial charge is 0.274 e. The molecule has 5 rings (SSSR count). The van der Waals surface area contributed by atoms with E-state index in [0.29, 0.717) is 24.2 Å². The molecule has 9 heteroatoms. The van der Waals surface area contributed by atoms with E-state index in [1.165, 1.54) is 18.2 Å². The number of ether oxygens (including phenoxy) is 2. The molecule has 38 heavy (non-hydrogen) atoms. The van der Waals surface area contributed by atoms with Crippen molar-refractivity contribution in [3.63, 3.8) is 0 Å². The van der Waals surface area contributed by atoms with Crippen molar-refractivity contribution in [1.29, 1.82) is 0 Å². The van der Waals surface area contributed by atoms with Gasteiger partial charge in [0.1, 0.15) is 22.7 Å². The third-order valence-corrected chi connectivity index (χ3v) is 8.71. The first-order valence-electron chi connectivity index (χ1n) is 13.0. The summed E-state index contributed by atoms with van der Waals surface area (Å²) in [4.78, 5) is 17.7. The van der Waals surface area contributed by atoms with Crippen LogP contribution in [0.4, 0.5) is 10.1 Å². The molecule has 1 amide bonds. The molecule has 3 unspecified atom stereocenters. The molecule has 1 saturated heterocycles. The van der Waals surface area contributed by atoms with Crippen LogP contribution in [0.15, 0.2) is 24.5 Å². The van der Waals surface area contributed by atoms with Crippen molar-refractivity contribution in [1.82, 2.24) is 9.55 Å². The van der Waals surface area contributed by atoms with Gasteiger partial charge in [-0.05, 0) is 90.3 Å². The van der Waals surface area contributed by atoms with Crippen LogP contribution >= 0.6 is 11.6 Å². The van der Waals surface area contributed by atoms with E-state index in [9.17, 15) is 14.3 Å². The summed E-state index contributed by atoms with van der Waals surface area (Å²) in [6, 6.07) is 4.08. The Labute approximate surface area is 228 Å². The molecule has 3 aliphatic rings. The lowest BCUT2D eigenvalue weighted by atomic mass is 9.86. The molecule has 0 spiro atoms. The predicted molar refractivity (Wildman–Crippen MR) is 142 cm³/mol. The quantitative estimate of drug-likeness (QED) is 0.505. The molecule has 0 radical (unpaired) electrons. The summed E-state index contributed by atoms with van der Waals surface area (Å²) in [6.45, 7) is 9.58. The van der Waals surface area contributed by atoms with E-state index in [-0.39, 0.29) is 28.7 Å². The molecule has 2 heterocycles. The van der Waals surface area contributed by atoms with E-state index in [4.69, 9.17) is 21.1 Å². The van der Waals surface area contributed by atoms with Gasteiger partial charge in [0, 0.05) is 18.7 Å². The highest BCUT2D eigenvalue weighted by Gasteiger charge is 2.56. The van der Waals surface area contributed by atoms with Crippen molar-refractivity contribution in [2.24, 2.45) is 18.9 Å². The van der Waals surface area contributed by atoms with Crippen LogP contribution in [0.2, 0.25) is 5.02 Å². The number of aromatic nitrogens is 2. The molecule has 1 aromatic heterocycles. The first-order valence-corrected chi connectivity index (χ1v) is 13.4. The average molecular weight is 544 g/mol. The van der Waals surface area contributed by atoms with Crippen molar-refractivity contribution >= 4 is 23.2 Å². The molecule has 204 valence electrons. The highest BCUT2D eigenvalue weighted by molar-refractivity contribution is 6.31. The van der Waals surface area contributed by atoms with E-state index < -0.39 is 28.4 Å². The lowest BCUT2D eigenvalue weighted by Gasteiger charge is -2.30. The van der Waals surface area contributed by atoms with Crippen LogP contribution in [0.25, 0.3) is 0 Å². The maximum absolute atomic E-state index is 13.5. The summed E-state index contributed by atoms with van der Waals surface area (Å²) >= 11 is 5.87. The molecule has 0 bridgehead atoms. The number of carbonyl (C=O) groups excluding carboxylic acids is 1. The van der Waals surface area contributed by atoms with Crippen molar-refractivity contribution in [2.45, 2.75) is 88.8 Å². The van der Waals surface area contributed by atoms with Crippen LogP contribution in [0.1, 0.15) is 82.4 Å². The van der Waals surface area contributed by atoms with Crippen LogP contribution in [-0.2, 0) is 16.5 Å². The van der Waals surface area contributed by atoms with E-state index in [1.807, 2.05) is 34.6 Å². The van der Waals surface area contributed by atoms with Gasteiger partial charge in [-0.25, -0.2) is 9.37 Å². The van der Waals surface area contributed by atoms with Crippen LogP contribution < -0.4 is 5.32 Å². The van der Waals surface area contributed by atoms with Crippen LogP contribution in [-0.4, -0.2) is 43.2 Å². The Balaban J connectivity index is 1.28. The fourth-order valence-corrected chi connectivity index (χ4v) is 6.72. The van der Waals surface area contributed by atoms with Crippen molar-refractivity contribution in [3.05, 3.63) is 46.8 Å². The van der Waals surface area contributed by atoms with Crippen molar-refractivity contribution < 1.29 is 23.8 Å². The second-order valence-electron chi connectivity index (χ2n) is 12.2. The number of hydrogen-bond acceptors (Lipinski definition) is 5. The SMILES string of the molecule is Cn1cnc(C2CC3CC(O)(C#CC4(C)OC(C)(C)OC4(C)C)CC3C2)c1C(=O)Nc1ccc(F)c(Cl)c1. The summed E-state index contributed by atoms with van der Waals surface area (Å²) in [7, 11) is 1.78. The number of nitrogens with one attached hydrogen (secondary N) is 1. The van der Waals surface area contributed by atoms with Gasteiger partial charge in [-0.3, -0.25) is 4.79 Å². The van der Waals surface area contributed by atoms with Crippen LogP contribution in [0, 0.1) is 29.5 Å². The molecule has 2 N–H and O–H groups in total. The molecule has 1 aromatic carbocycles. The number of halogens is 2. The number of fused-ring (bicyclic) bond motifs is 1. The molecule has 2 aliphatic carbocycles. The molecule has 3 fully saturated rings. The fraction of sp³-hybridized carbons (Fsp3) is 0.586. The number of rotatable bonds is 3. The van der Waals surface area contributed by atoms with Gasteiger partial charge in [0.05, 0.1) is 17.0 Å². The van der Waals surface area contributed by atoms with E-state index >= 15 is 0 Å².